The molecule has 0 spiro atoms. The minimum absolute atomic E-state index is 0. The molecule has 0 bridgehead atoms. The second-order valence-electron chi connectivity index (χ2n) is 8.96. The summed E-state index contributed by atoms with van der Waals surface area (Å²) < 4.78 is 2.20. The van der Waals surface area contributed by atoms with Crippen LogP contribution >= 0.6 is 11.8 Å². The first kappa shape index (κ1) is 25.3. The molecule has 6 rings (SSSR count). The molecule has 0 N–H and O–H groups in total. The van der Waals surface area contributed by atoms with Crippen LogP contribution in [0.5, 0.6) is 0 Å². The predicted molar refractivity (Wildman–Crippen MR) is 149 cm³/mol. The van der Waals surface area contributed by atoms with Gasteiger partial charge in [0.2, 0.25) is 0 Å². The number of fused-ring (bicyclic) bond motifs is 3. The molecule has 0 radical (unpaired) electrons. The first-order valence-electron chi connectivity index (χ1n) is 11.8. The zero-order chi connectivity index (χ0) is 24.6. The number of para-hydroxylation sites is 1. The Morgan fingerprint density at radius 1 is 0.784 bits per heavy atom. The standard InChI is InChI=1S/C31H24N4S.Pt/c1-21-13-15-32-30(17-21)35-28-10-5-4-9-26(28)27-12-11-23(19-29(27)35)22-7-6-8-25(18-22)36-31-20-24(34(2)3)14-16-33-31;/h4-17,20H,1-3H3;/q-2;+2. The van der Waals surface area contributed by atoms with Crippen LogP contribution in [0.2, 0.25) is 0 Å². The number of nitrogens with zero attached hydrogens (tertiary/aromatic N) is 4. The first-order chi connectivity index (χ1) is 17.6. The zero-order valence-corrected chi connectivity index (χ0v) is 23.8. The molecule has 3 heterocycles. The van der Waals surface area contributed by atoms with Crippen molar-refractivity contribution in [2.45, 2.75) is 16.8 Å². The SMILES string of the molecule is Cc1ccnc(-n2c3[c-]c(-c4[c-]c(Sc5cc(N(C)C)ccn5)ccc4)ccc3c3ccccc32)c1.[Pt+2]. The fourth-order valence-corrected chi connectivity index (χ4v) is 5.27. The quantitative estimate of drug-likeness (QED) is 0.179. The summed E-state index contributed by atoms with van der Waals surface area (Å²) in [4.78, 5) is 12.3. The minimum Gasteiger partial charge on any atom is -0.378 e. The van der Waals surface area contributed by atoms with E-state index in [-0.39, 0.29) is 21.1 Å². The van der Waals surface area contributed by atoms with Crippen LogP contribution in [0.15, 0.2) is 101 Å². The van der Waals surface area contributed by atoms with Gasteiger partial charge < -0.3 is 9.47 Å². The molecule has 37 heavy (non-hydrogen) atoms. The largest absolute Gasteiger partial charge is 2.00 e. The van der Waals surface area contributed by atoms with E-state index >= 15 is 0 Å². The first-order valence-corrected chi connectivity index (χ1v) is 12.6. The van der Waals surface area contributed by atoms with Crippen LogP contribution in [0.1, 0.15) is 5.56 Å². The van der Waals surface area contributed by atoms with Crippen molar-refractivity contribution >= 4 is 39.3 Å². The topological polar surface area (TPSA) is 34.0 Å². The summed E-state index contributed by atoms with van der Waals surface area (Å²) in [5.74, 6) is 0.898. The maximum atomic E-state index is 4.69. The Kier molecular flexibility index (Phi) is 7.19. The Labute approximate surface area is 235 Å². The summed E-state index contributed by atoms with van der Waals surface area (Å²) in [6.07, 6.45) is 3.71. The van der Waals surface area contributed by atoms with Gasteiger partial charge in [-0.1, -0.05) is 40.2 Å². The van der Waals surface area contributed by atoms with Crippen molar-refractivity contribution in [3.8, 4) is 16.9 Å². The van der Waals surface area contributed by atoms with E-state index in [0.717, 1.165) is 49.0 Å². The average Bonchev–Trinajstić information content (AvgIpc) is 3.23. The molecular formula is C31H24N4PtS. The van der Waals surface area contributed by atoms with E-state index in [9.17, 15) is 0 Å². The van der Waals surface area contributed by atoms with Gasteiger partial charge in [0.05, 0.1) is 0 Å². The van der Waals surface area contributed by atoms with Crippen molar-refractivity contribution in [3.05, 3.63) is 109 Å². The van der Waals surface area contributed by atoms with Gasteiger partial charge in [0.15, 0.2) is 0 Å². The van der Waals surface area contributed by atoms with E-state index in [1.807, 2.05) is 38.6 Å². The summed E-state index contributed by atoms with van der Waals surface area (Å²) in [5.41, 5.74) is 6.43. The summed E-state index contributed by atoms with van der Waals surface area (Å²) in [7, 11) is 4.07. The average molecular weight is 680 g/mol. The third kappa shape index (κ3) is 4.94. The normalized spacial score (nSPS) is 11.0. The smallest absolute Gasteiger partial charge is 0.378 e. The van der Waals surface area contributed by atoms with Crippen LogP contribution in [0, 0.1) is 19.1 Å². The molecule has 6 heteroatoms. The van der Waals surface area contributed by atoms with E-state index < -0.39 is 0 Å². The third-order valence-electron chi connectivity index (χ3n) is 6.22. The molecule has 3 aromatic carbocycles. The number of pyridine rings is 2. The molecule has 0 unspecified atom stereocenters. The van der Waals surface area contributed by atoms with E-state index in [0.29, 0.717) is 0 Å². The van der Waals surface area contributed by atoms with Gasteiger partial charge in [0.1, 0.15) is 10.8 Å². The molecular weight excluding hydrogens is 656 g/mol. The van der Waals surface area contributed by atoms with Gasteiger partial charge >= 0.3 is 21.1 Å². The second-order valence-corrected chi connectivity index (χ2v) is 10.0. The molecule has 4 nitrogen and oxygen atoms in total. The molecule has 184 valence electrons. The number of aromatic nitrogens is 3. The van der Waals surface area contributed by atoms with Crippen LogP contribution in [0.3, 0.4) is 0 Å². The van der Waals surface area contributed by atoms with E-state index in [2.05, 4.69) is 105 Å². The predicted octanol–water partition coefficient (Wildman–Crippen LogP) is 7.36. The molecule has 0 fully saturated rings. The summed E-state index contributed by atoms with van der Waals surface area (Å²) >= 11 is 1.61. The number of aryl methyl sites for hydroxylation is 1. The monoisotopic (exact) mass is 679 g/mol. The summed E-state index contributed by atoms with van der Waals surface area (Å²) in [6, 6.07) is 34.5. The van der Waals surface area contributed by atoms with Crippen molar-refractivity contribution < 1.29 is 21.1 Å². The second kappa shape index (κ2) is 10.5. The molecule has 0 saturated carbocycles. The molecule has 0 amide bonds. The third-order valence-corrected chi connectivity index (χ3v) is 7.11. The van der Waals surface area contributed by atoms with Gasteiger partial charge in [-0.15, -0.1) is 12.1 Å². The maximum Gasteiger partial charge on any atom is 2.00 e. The Bertz CT molecular complexity index is 1720. The fourth-order valence-electron chi connectivity index (χ4n) is 4.44. The van der Waals surface area contributed by atoms with Crippen LogP contribution < -0.4 is 4.90 Å². The van der Waals surface area contributed by atoms with Crippen molar-refractivity contribution in [2.75, 3.05) is 19.0 Å². The minimum atomic E-state index is 0. The van der Waals surface area contributed by atoms with Crippen molar-refractivity contribution in [1.82, 2.24) is 14.5 Å². The Morgan fingerprint density at radius 3 is 2.43 bits per heavy atom. The van der Waals surface area contributed by atoms with Crippen LogP contribution in [-0.4, -0.2) is 28.6 Å². The maximum absolute atomic E-state index is 4.69. The van der Waals surface area contributed by atoms with Gasteiger partial charge in [-0.25, -0.2) is 21.1 Å². The Morgan fingerprint density at radius 2 is 1.59 bits per heavy atom. The Balaban J connectivity index is 0.00000280. The molecule has 0 aliphatic carbocycles. The fraction of sp³-hybridized carbons (Fsp3) is 0.0968. The summed E-state index contributed by atoms with van der Waals surface area (Å²) in [6.45, 7) is 2.09. The number of hydrogen-bond donors (Lipinski definition) is 0. The van der Waals surface area contributed by atoms with Crippen LogP contribution in [0.4, 0.5) is 5.69 Å². The van der Waals surface area contributed by atoms with Crippen molar-refractivity contribution in [3.63, 3.8) is 0 Å². The van der Waals surface area contributed by atoms with E-state index in [4.69, 9.17) is 0 Å². The van der Waals surface area contributed by atoms with Gasteiger partial charge in [-0.2, -0.15) is 30.3 Å². The van der Waals surface area contributed by atoms with Gasteiger partial charge in [0.25, 0.3) is 0 Å². The molecule has 3 aromatic heterocycles. The van der Waals surface area contributed by atoms with E-state index in [1.165, 1.54) is 10.9 Å². The summed E-state index contributed by atoms with van der Waals surface area (Å²) in [5, 5.41) is 3.30. The van der Waals surface area contributed by atoms with E-state index in [1.54, 1.807) is 11.8 Å². The molecule has 6 aromatic rings. The van der Waals surface area contributed by atoms with Gasteiger partial charge in [-0.3, -0.25) is 0 Å². The van der Waals surface area contributed by atoms with Gasteiger partial charge in [-0.05, 0) is 53.7 Å². The molecule has 0 aliphatic heterocycles. The number of rotatable bonds is 5. The molecule has 0 atom stereocenters. The molecule has 0 saturated heterocycles. The van der Waals surface area contributed by atoms with Gasteiger partial charge in [0, 0.05) is 37.7 Å². The van der Waals surface area contributed by atoms with Crippen molar-refractivity contribution in [2.24, 2.45) is 0 Å². The Hall–Kier alpha value is -3.40. The molecule has 0 aliphatic rings. The van der Waals surface area contributed by atoms with Crippen LogP contribution in [-0.2, 0) is 21.1 Å². The zero-order valence-electron chi connectivity index (χ0n) is 20.7. The number of anilines is 1. The van der Waals surface area contributed by atoms with Crippen molar-refractivity contribution in [1.29, 1.82) is 0 Å². The van der Waals surface area contributed by atoms with Crippen LogP contribution in [0.25, 0.3) is 38.8 Å². The number of hydrogen-bond acceptors (Lipinski definition) is 4. The number of benzene rings is 3.